The first-order valence-electron chi connectivity index (χ1n) is 10.1. The number of carbonyl (C=O) groups excluding carboxylic acids is 1. The van der Waals surface area contributed by atoms with Crippen molar-refractivity contribution in [3.8, 4) is 11.3 Å². The molecule has 0 aliphatic carbocycles. The number of hydrogen-bond donors (Lipinski definition) is 1. The van der Waals surface area contributed by atoms with Gasteiger partial charge in [-0.2, -0.15) is 5.10 Å². The molecule has 0 fully saturated rings. The maximum Gasteiger partial charge on any atom is 0.244 e. The van der Waals surface area contributed by atoms with Gasteiger partial charge in [0.25, 0.3) is 0 Å². The van der Waals surface area contributed by atoms with Crippen molar-refractivity contribution in [2.75, 3.05) is 6.54 Å². The lowest BCUT2D eigenvalue weighted by molar-refractivity contribution is -0.124. The second kappa shape index (κ2) is 8.72. The molecule has 4 aromatic rings. The number of rotatable bonds is 6. The van der Waals surface area contributed by atoms with E-state index in [1.165, 1.54) is 5.56 Å². The first-order chi connectivity index (χ1) is 14.5. The highest BCUT2D eigenvalue weighted by atomic mass is 35.5. The quantitative estimate of drug-likeness (QED) is 0.428. The zero-order chi connectivity index (χ0) is 21.1. The maximum atomic E-state index is 12.9. The third-order valence-corrected chi connectivity index (χ3v) is 5.65. The molecule has 0 aliphatic heterocycles. The van der Waals surface area contributed by atoms with Crippen molar-refractivity contribution in [2.24, 2.45) is 0 Å². The van der Waals surface area contributed by atoms with Crippen LogP contribution in [-0.4, -0.2) is 22.2 Å². The molecule has 0 radical (unpaired) electrons. The van der Waals surface area contributed by atoms with Crippen LogP contribution in [0.4, 0.5) is 0 Å². The molecule has 4 rings (SSSR count). The van der Waals surface area contributed by atoms with E-state index in [9.17, 15) is 4.79 Å². The van der Waals surface area contributed by atoms with Crippen molar-refractivity contribution in [1.82, 2.24) is 15.1 Å². The van der Waals surface area contributed by atoms with Crippen molar-refractivity contribution >= 4 is 28.4 Å². The molecule has 1 amide bonds. The van der Waals surface area contributed by atoms with Crippen LogP contribution in [0.15, 0.2) is 78.9 Å². The standard InChI is InChI=1S/C25H24ClN3O/c1-17(19-9-5-3-6-10-19)16-27-25(30)18(2)29-23-14-13-21(26)15-22(23)24(28-29)20-11-7-4-8-12-20/h3-15,17-18H,16H2,1-2H3,(H,27,30)/t17-,18-/m1/s1. The molecule has 2 atom stereocenters. The molecule has 0 aliphatic rings. The van der Waals surface area contributed by atoms with E-state index in [0.717, 1.165) is 22.2 Å². The summed E-state index contributed by atoms with van der Waals surface area (Å²) in [5, 5.41) is 9.47. The monoisotopic (exact) mass is 417 g/mol. The van der Waals surface area contributed by atoms with Crippen molar-refractivity contribution in [3.63, 3.8) is 0 Å². The highest BCUT2D eigenvalue weighted by Gasteiger charge is 2.22. The average Bonchev–Trinajstić information content (AvgIpc) is 3.16. The summed E-state index contributed by atoms with van der Waals surface area (Å²) in [5.74, 6) is 0.173. The van der Waals surface area contributed by atoms with E-state index in [1.807, 2.05) is 73.7 Å². The summed E-state index contributed by atoms with van der Waals surface area (Å²) >= 11 is 6.26. The van der Waals surface area contributed by atoms with E-state index in [4.69, 9.17) is 16.7 Å². The number of benzene rings is 3. The van der Waals surface area contributed by atoms with E-state index in [-0.39, 0.29) is 11.8 Å². The van der Waals surface area contributed by atoms with E-state index in [0.29, 0.717) is 11.6 Å². The van der Waals surface area contributed by atoms with Crippen molar-refractivity contribution < 1.29 is 4.79 Å². The fraction of sp³-hybridized carbons (Fsp3) is 0.200. The Morgan fingerprint density at radius 1 is 1.00 bits per heavy atom. The Morgan fingerprint density at radius 2 is 1.67 bits per heavy atom. The molecule has 5 heteroatoms. The molecule has 0 saturated carbocycles. The SMILES string of the molecule is C[C@H](CNC(=O)[C@@H](C)n1nc(-c2ccccc2)c2cc(Cl)ccc21)c1ccccc1. The number of aromatic nitrogens is 2. The van der Waals surface area contributed by atoms with Gasteiger partial charge >= 0.3 is 0 Å². The first-order valence-corrected chi connectivity index (χ1v) is 10.5. The fourth-order valence-corrected chi connectivity index (χ4v) is 3.80. The van der Waals surface area contributed by atoms with Gasteiger partial charge in [0, 0.05) is 22.5 Å². The molecule has 152 valence electrons. The van der Waals surface area contributed by atoms with Gasteiger partial charge in [0.2, 0.25) is 5.91 Å². The molecule has 3 aromatic carbocycles. The average molecular weight is 418 g/mol. The van der Waals surface area contributed by atoms with Crippen LogP contribution in [0.5, 0.6) is 0 Å². The van der Waals surface area contributed by atoms with Crippen molar-refractivity contribution in [1.29, 1.82) is 0 Å². The summed E-state index contributed by atoms with van der Waals surface area (Å²) in [6, 6.07) is 25.4. The molecule has 30 heavy (non-hydrogen) atoms. The van der Waals surface area contributed by atoms with Crippen LogP contribution in [0.3, 0.4) is 0 Å². The minimum Gasteiger partial charge on any atom is -0.354 e. The van der Waals surface area contributed by atoms with Gasteiger partial charge in [-0.3, -0.25) is 9.48 Å². The number of halogens is 1. The minimum absolute atomic E-state index is 0.0586. The van der Waals surface area contributed by atoms with Crippen LogP contribution in [-0.2, 0) is 4.79 Å². The molecular formula is C25H24ClN3O. The molecular weight excluding hydrogens is 394 g/mol. The first kappa shape index (κ1) is 20.2. The molecule has 4 nitrogen and oxygen atoms in total. The third kappa shape index (κ3) is 4.10. The van der Waals surface area contributed by atoms with Crippen molar-refractivity contribution in [2.45, 2.75) is 25.8 Å². The van der Waals surface area contributed by atoms with Crippen LogP contribution in [0.1, 0.15) is 31.4 Å². The van der Waals surface area contributed by atoms with Crippen LogP contribution in [0.2, 0.25) is 5.02 Å². The minimum atomic E-state index is -0.450. The van der Waals surface area contributed by atoms with E-state index in [1.54, 1.807) is 4.68 Å². The second-order valence-electron chi connectivity index (χ2n) is 7.55. The number of nitrogens with one attached hydrogen (secondary N) is 1. The normalized spacial score (nSPS) is 13.2. The summed E-state index contributed by atoms with van der Waals surface area (Å²) in [6.45, 7) is 4.56. The third-order valence-electron chi connectivity index (χ3n) is 5.41. The Kier molecular flexibility index (Phi) is 5.86. The van der Waals surface area contributed by atoms with Gasteiger partial charge in [-0.25, -0.2) is 0 Å². The zero-order valence-corrected chi connectivity index (χ0v) is 17.8. The lowest BCUT2D eigenvalue weighted by atomic mass is 10.0. The number of nitrogens with zero attached hydrogens (tertiary/aromatic N) is 2. The van der Waals surface area contributed by atoms with Crippen LogP contribution in [0.25, 0.3) is 22.2 Å². The molecule has 0 unspecified atom stereocenters. The van der Waals surface area contributed by atoms with Gasteiger partial charge in [0.1, 0.15) is 11.7 Å². The van der Waals surface area contributed by atoms with Crippen LogP contribution >= 0.6 is 11.6 Å². The lowest BCUT2D eigenvalue weighted by Gasteiger charge is -2.17. The maximum absolute atomic E-state index is 12.9. The highest BCUT2D eigenvalue weighted by molar-refractivity contribution is 6.31. The number of amides is 1. The predicted octanol–water partition coefficient (Wildman–Crippen LogP) is 5.84. The molecule has 1 aromatic heterocycles. The van der Waals surface area contributed by atoms with Gasteiger partial charge in [-0.15, -0.1) is 0 Å². The second-order valence-corrected chi connectivity index (χ2v) is 7.99. The summed E-state index contributed by atoms with van der Waals surface area (Å²) < 4.78 is 1.79. The zero-order valence-electron chi connectivity index (χ0n) is 17.0. The van der Waals surface area contributed by atoms with E-state index in [2.05, 4.69) is 24.4 Å². The van der Waals surface area contributed by atoms with Gasteiger partial charge in [0.05, 0.1) is 5.52 Å². The number of carbonyl (C=O) groups is 1. The predicted molar refractivity (Wildman–Crippen MR) is 123 cm³/mol. The Hall–Kier alpha value is -3.11. The Bertz CT molecular complexity index is 1160. The summed E-state index contributed by atoms with van der Waals surface area (Å²) in [5.41, 5.74) is 3.91. The molecule has 0 spiro atoms. The molecule has 0 bridgehead atoms. The van der Waals surface area contributed by atoms with Crippen molar-refractivity contribution in [3.05, 3.63) is 89.4 Å². The molecule has 1 N–H and O–H groups in total. The molecule has 0 saturated heterocycles. The van der Waals surface area contributed by atoms with Gasteiger partial charge in [-0.1, -0.05) is 79.2 Å². The topological polar surface area (TPSA) is 46.9 Å². The summed E-state index contributed by atoms with van der Waals surface area (Å²) in [4.78, 5) is 12.9. The van der Waals surface area contributed by atoms with Gasteiger partial charge in [-0.05, 0) is 36.6 Å². The van der Waals surface area contributed by atoms with Gasteiger partial charge < -0.3 is 5.32 Å². The summed E-state index contributed by atoms with van der Waals surface area (Å²) in [7, 11) is 0. The van der Waals surface area contributed by atoms with E-state index < -0.39 is 6.04 Å². The Morgan fingerprint density at radius 3 is 2.37 bits per heavy atom. The summed E-state index contributed by atoms with van der Waals surface area (Å²) in [6.07, 6.45) is 0. The Balaban J connectivity index is 1.60. The van der Waals surface area contributed by atoms with Crippen LogP contribution in [0, 0.1) is 0 Å². The number of fused-ring (bicyclic) bond motifs is 1. The van der Waals surface area contributed by atoms with Gasteiger partial charge in [0.15, 0.2) is 0 Å². The molecule has 1 heterocycles. The lowest BCUT2D eigenvalue weighted by Crippen LogP contribution is -2.33. The number of hydrogen-bond acceptors (Lipinski definition) is 2. The highest BCUT2D eigenvalue weighted by Crippen LogP contribution is 2.31. The van der Waals surface area contributed by atoms with Crippen LogP contribution < -0.4 is 5.32 Å². The fourth-order valence-electron chi connectivity index (χ4n) is 3.63. The smallest absolute Gasteiger partial charge is 0.244 e. The largest absolute Gasteiger partial charge is 0.354 e. The van der Waals surface area contributed by atoms with E-state index >= 15 is 0 Å². The Labute approximate surface area is 181 Å².